The first-order chi connectivity index (χ1) is 13.8. The summed E-state index contributed by atoms with van der Waals surface area (Å²) in [6.07, 6.45) is -4.39. The van der Waals surface area contributed by atoms with Gasteiger partial charge in [0.1, 0.15) is 5.75 Å². The van der Waals surface area contributed by atoms with Crippen LogP contribution in [0.25, 0.3) is 0 Å². The van der Waals surface area contributed by atoms with Crippen molar-refractivity contribution in [2.45, 2.75) is 32.5 Å². The molecule has 0 radical (unpaired) electrons. The fourth-order valence-corrected chi connectivity index (χ4v) is 3.36. The van der Waals surface area contributed by atoms with Crippen LogP contribution < -0.4 is 9.64 Å². The lowest BCUT2D eigenvalue weighted by molar-refractivity contribution is -0.139. The number of hydrogen-bond acceptors (Lipinski definition) is 3. The van der Waals surface area contributed by atoms with Gasteiger partial charge in [-0.15, -0.1) is 0 Å². The molecule has 1 fully saturated rings. The smallest absolute Gasteiger partial charge is 0.416 e. The number of hydrogen-bond donors (Lipinski definition) is 0. The number of anilines is 1. The molecular weight excluding hydrogens is 381 g/mol. The first-order valence-corrected chi connectivity index (χ1v) is 9.72. The molecule has 0 aliphatic carbocycles. The Morgan fingerprint density at radius 1 is 1.07 bits per heavy atom. The summed E-state index contributed by atoms with van der Waals surface area (Å²) in [7, 11) is 0. The molecule has 7 heteroatoms. The highest BCUT2D eigenvalue weighted by Crippen LogP contribution is 2.32. The number of aryl methyl sites for hydroxylation is 1. The van der Waals surface area contributed by atoms with Crippen LogP contribution >= 0.6 is 0 Å². The van der Waals surface area contributed by atoms with Gasteiger partial charge in [0.15, 0.2) is 6.10 Å². The van der Waals surface area contributed by atoms with E-state index in [2.05, 4.69) is 0 Å². The number of carbonyl (C=O) groups is 1. The zero-order chi connectivity index (χ0) is 21.0. The van der Waals surface area contributed by atoms with Crippen LogP contribution in [0.5, 0.6) is 5.75 Å². The molecular formula is C22H25F3N2O2. The Morgan fingerprint density at radius 2 is 1.72 bits per heavy atom. The normalized spacial score (nSPS) is 15.9. The van der Waals surface area contributed by atoms with E-state index in [1.165, 1.54) is 6.07 Å². The maximum atomic E-state index is 12.9. The van der Waals surface area contributed by atoms with E-state index in [0.717, 1.165) is 17.7 Å². The molecule has 0 unspecified atom stereocenters. The van der Waals surface area contributed by atoms with Crippen LogP contribution in [0.4, 0.5) is 18.9 Å². The molecule has 0 bridgehead atoms. The van der Waals surface area contributed by atoms with Crippen LogP contribution in [0, 0.1) is 6.92 Å². The minimum absolute atomic E-state index is 0.0863. The molecule has 1 heterocycles. The van der Waals surface area contributed by atoms with E-state index < -0.39 is 17.8 Å². The molecule has 3 rings (SSSR count). The van der Waals surface area contributed by atoms with Crippen LogP contribution in [0.1, 0.15) is 24.5 Å². The number of carbonyl (C=O) groups excluding carboxylic acids is 1. The van der Waals surface area contributed by atoms with Crippen LogP contribution in [-0.4, -0.2) is 43.1 Å². The largest absolute Gasteiger partial charge is 0.481 e. The van der Waals surface area contributed by atoms with Gasteiger partial charge in [0.05, 0.1) is 5.56 Å². The lowest BCUT2D eigenvalue weighted by Crippen LogP contribution is -2.52. The summed E-state index contributed by atoms with van der Waals surface area (Å²) in [5.74, 6) is 0.565. The highest BCUT2D eigenvalue weighted by atomic mass is 19.4. The van der Waals surface area contributed by atoms with Crippen molar-refractivity contribution in [3.05, 3.63) is 59.7 Å². The van der Waals surface area contributed by atoms with Gasteiger partial charge in [-0.25, -0.2) is 0 Å². The molecule has 1 amide bonds. The number of alkyl halides is 3. The third-order valence-electron chi connectivity index (χ3n) is 5.08. The second-order valence-corrected chi connectivity index (χ2v) is 7.19. The maximum absolute atomic E-state index is 12.9. The molecule has 0 N–H and O–H groups in total. The molecule has 2 aromatic carbocycles. The summed E-state index contributed by atoms with van der Waals surface area (Å²) in [5.41, 5.74) is 0.975. The van der Waals surface area contributed by atoms with Crippen molar-refractivity contribution < 1.29 is 22.7 Å². The Bertz CT molecular complexity index is 829. The van der Waals surface area contributed by atoms with Gasteiger partial charge in [-0.05, 0) is 43.7 Å². The predicted molar refractivity (Wildman–Crippen MR) is 106 cm³/mol. The van der Waals surface area contributed by atoms with E-state index in [1.807, 2.05) is 43.0 Å². The van der Waals surface area contributed by atoms with Crippen molar-refractivity contribution in [3.63, 3.8) is 0 Å². The maximum Gasteiger partial charge on any atom is 0.416 e. The van der Waals surface area contributed by atoms with Crippen molar-refractivity contribution in [3.8, 4) is 5.75 Å². The molecule has 29 heavy (non-hydrogen) atoms. The molecule has 1 atom stereocenters. The number of halogens is 3. The Labute approximate surface area is 168 Å². The molecule has 4 nitrogen and oxygen atoms in total. The Morgan fingerprint density at radius 3 is 2.31 bits per heavy atom. The lowest BCUT2D eigenvalue weighted by Gasteiger charge is -2.37. The Kier molecular flexibility index (Phi) is 6.35. The quantitative estimate of drug-likeness (QED) is 0.732. The lowest BCUT2D eigenvalue weighted by atomic mass is 10.1. The number of piperazine rings is 1. The number of benzene rings is 2. The van der Waals surface area contributed by atoms with Gasteiger partial charge in [-0.1, -0.05) is 30.7 Å². The zero-order valence-electron chi connectivity index (χ0n) is 16.6. The van der Waals surface area contributed by atoms with Crippen molar-refractivity contribution >= 4 is 11.6 Å². The topological polar surface area (TPSA) is 32.8 Å². The van der Waals surface area contributed by atoms with Crippen molar-refractivity contribution in [2.24, 2.45) is 0 Å². The van der Waals surface area contributed by atoms with Gasteiger partial charge in [0, 0.05) is 31.9 Å². The number of nitrogens with zero attached hydrogens (tertiary/aromatic N) is 2. The second-order valence-electron chi connectivity index (χ2n) is 7.19. The highest BCUT2D eigenvalue weighted by Gasteiger charge is 2.32. The van der Waals surface area contributed by atoms with E-state index >= 15 is 0 Å². The van der Waals surface area contributed by atoms with Gasteiger partial charge < -0.3 is 14.5 Å². The molecule has 1 aliphatic heterocycles. The molecule has 0 spiro atoms. The van der Waals surface area contributed by atoms with E-state index in [-0.39, 0.29) is 5.91 Å². The Hall–Kier alpha value is -2.70. The molecule has 1 aliphatic rings. The third-order valence-corrected chi connectivity index (χ3v) is 5.08. The van der Waals surface area contributed by atoms with Crippen LogP contribution in [0.2, 0.25) is 0 Å². The first-order valence-electron chi connectivity index (χ1n) is 9.72. The van der Waals surface area contributed by atoms with E-state index in [9.17, 15) is 18.0 Å². The van der Waals surface area contributed by atoms with Gasteiger partial charge in [-0.2, -0.15) is 13.2 Å². The standard InChI is InChI=1S/C22H25F3N2O2/c1-3-20(29-19-9-7-16(2)8-10-19)21(28)27-13-11-26(12-14-27)18-6-4-5-17(15-18)22(23,24)25/h4-10,15,20H,3,11-14H2,1-2H3/t20-/m1/s1. The summed E-state index contributed by atoms with van der Waals surface area (Å²) >= 11 is 0. The minimum atomic E-state index is -4.37. The number of amides is 1. The first kappa shape index (κ1) is 21.0. The van der Waals surface area contributed by atoms with E-state index in [1.54, 1.807) is 11.0 Å². The summed E-state index contributed by atoms with van der Waals surface area (Å²) in [6, 6.07) is 12.9. The summed E-state index contributed by atoms with van der Waals surface area (Å²) in [4.78, 5) is 16.5. The van der Waals surface area contributed by atoms with Crippen molar-refractivity contribution in [2.75, 3.05) is 31.1 Å². The second kappa shape index (κ2) is 8.76. The molecule has 1 saturated heterocycles. The summed E-state index contributed by atoms with van der Waals surface area (Å²) in [5, 5.41) is 0. The SMILES string of the molecule is CC[C@@H](Oc1ccc(C)cc1)C(=O)N1CCN(c2cccc(C(F)(F)F)c2)CC1. The van der Waals surface area contributed by atoms with Gasteiger partial charge >= 0.3 is 6.18 Å². The van der Waals surface area contributed by atoms with Crippen LogP contribution in [0.15, 0.2) is 48.5 Å². The third kappa shape index (κ3) is 5.22. The van der Waals surface area contributed by atoms with Crippen LogP contribution in [-0.2, 0) is 11.0 Å². The fraction of sp³-hybridized carbons (Fsp3) is 0.409. The average molecular weight is 406 g/mol. The van der Waals surface area contributed by atoms with Crippen molar-refractivity contribution in [1.29, 1.82) is 0 Å². The molecule has 2 aromatic rings. The molecule has 0 aromatic heterocycles. The molecule has 0 saturated carbocycles. The summed E-state index contributed by atoms with van der Waals surface area (Å²) < 4.78 is 44.7. The Balaban J connectivity index is 1.60. The van der Waals surface area contributed by atoms with Gasteiger partial charge in [-0.3, -0.25) is 4.79 Å². The van der Waals surface area contributed by atoms with E-state index in [0.29, 0.717) is 44.0 Å². The van der Waals surface area contributed by atoms with Crippen LogP contribution in [0.3, 0.4) is 0 Å². The zero-order valence-corrected chi connectivity index (χ0v) is 16.6. The fourth-order valence-electron chi connectivity index (χ4n) is 3.36. The molecule has 156 valence electrons. The van der Waals surface area contributed by atoms with Gasteiger partial charge in [0.2, 0.25) is 0 Å². The monoisotopic (exact) mass is 406 g/mol. The van der Waals surface area contributed by atoms with E-state index in [4.69, 9.17) is 4.74 Å². The average Bonchev–Trinajstić information content (AvgIpc) is 2.72. The minimum Gasteiger partial charge on any atom is -0.481 e. The number of rotatable bonds is 5. The van der Waals surface area contributed by atoms with Crippen molar-refractivity contribution in [1.82, 2.24) is 4.90 Å². The number of ether oxygens (including phenoxy) is 1. The summed E-state index contributed by atoms with van der Waals surface area (Å²) in [6.45, 7) is 5.74. The van der Waals surface area contributed by atoms with Gasteiger partial charge in [0.25, 0.3) is 5.91 Å². The highest BCUT2D eigenvalue weighted by molar-refractivity contribution is 5.81. The predicted octanol–water partition coefficient (Wildman–Crippen LogP) is 4.52.